The van der Waals surface area contributed by atoms with E-state index in [-0.39, 0.29) is 20.1 Å². The Bertz CT molecular complexity index is 1690. The normalized spacial score (nSPS) is 13.0. The second kappa shape index (κ2) is 11.4. The minimum Gasteiger partial charge on any atom is -0.501 e. The second-order valence-corrected chi connectivity index (χ2v) is 15.9. The Hall–Kier alpha value is -3.37. The van der Waals surface area contributed by atoms with E-state index < -0.39 is 8.07 Å². The number of para-hydroxylation sites is 1. The van der Waals surface area contributed by atoms with Crippen LogP contribution in [0.4, 0.5) is 0 Å². The van der Waals surface area contributed by atoms with Crippen molar-refractivity contribution in [3.05, 3.63) is 115 Å². The van der Waals surface area contributed by atoms with E-state index in [9.17, 15) is 0 Å². The quantitative estimate of drug-likeness (QED) is 0.137. The number of aromatic nitrogens is 2. The van der Waals surface area contributed by atoms with Gasteiger partial charge in [-0.1, -0.05) is 73.1 Å². The van der Waals surface area contributed by atoms with Gasteiger partial charge in [-0.15, -0.1) is 53.2 Å². The second-order valence-electron chi connectivity index (χ2n) is 10.9. The van der Waals surface area contributed by atoms with Crippen LogP contribution in [0, 0.1) is 12.1 Å². The summed E-state index contributed by atoms with van der Waals surface area (Å²) in [6.07, 6.45) is 6.48. The fourth-order valence-electron chi connectivity index (χ4n) is 4.84. The minimum absolute atomic E-state index is 0. The van der Waals surface area contributed by atoms with Crippen molar-refractivity contribution in [2.45, 2.75) is 38.4 Å². The van der Waals surface area contributed by atoms with E-state index >= 15 is 0 Å². The Labute approximate surface area is 244 Å². The molecule has 0 atom stereocenters. The molecule has 0 spiro atoms. The first-order valence-corrected chi connectivity index (χ1v) is 16.7. The molecule has 1 aliphatic carbocycles. The zero-order valence-corrected chi connectivity index (χ0v) is 25.8. The number of hydrogen-bond donors (Lipinski definition) is 0. The van der Waals surface area contributed by atoms with Crippen molar-refractivity contribution in [1.29, 1.82) is 0 Å². The molecule has 1 saturated carbocycles. The molecular formula is C34H30IrN2OSi-2. The van der Waals surface area contributed by atoms with Gasteiger partial charge in [-0.2, -0.15) is 0 Å². The van der Waals surface area contributed by atoms with Crippen LogP contribution in [-0.2, 0) is 20.1 Å². The fraction of sp³-hybridized carbons (Fsp3) is 0.176. The smallest absolute Gasteiger partial charge is 0.120 e. The average molecular weight is 703 g/mol. The molecule has 39 heavy (non-hydrogen) atoms. The molecule has 0 aliphatic heterocycles. The zero-order chi connectivity index (χ0) is 26.1. The number of hydrogen-bond acceptors (Lipinski definition) is 3. The summed E-state index contributed by atoms with van der Waals surface area (Å²) in [5, 5.41) is 3.81. The van der Waals surface area contributed by atoms with E-state index in [1.54, 1.807) is 0 Å². The van der Waals surface area contributed by atoms with Gasteiger partial charge < -0.3 is 14.4 Å². The number of furan rings is 1. The molecule has 3 nitrogen and oxygen atoms in total. The number of fused-ring (bicyclic) bond motifs is 3. The van der Waals surface area contributed by atoms with Crippen molar-refractivity contribution in [1.82, 2.24) is 9.97 Å². The largest absolute Gasteiger partial charge is 0.501 e. The molecule has 0 N–H and O–H groups in total. The van der Waals surface area contributed by atoms with Gasteiger partial charge in [-0.05, 0) is 47.8 Å². The van der Waals surface area contributed by atoms with E-state index in [0.29, 0.717) is 0 Å². The summed E-state index contributed by atoms with van der Waals surface area (Å²) in [6, 6.07) is 35.2. The van der Waals surface area contributed by atoms with Crippen molar-refractivity contribution in [3.8, 4) is 22.5 Å². The molecule has 3 aromatic heterocycles. The van der Waals surface area contributed by atoms with Crippen molar-refractivity contribution in [3.63, 3.8) is 0 Å². The van der Waals surface area contributed by atoms with Gasteiger partial charge in [-0.3, -0.25) is 0 Å². The summed E-state index contributed by atoms with van der Waals surface area (Å²) < 4.78 is 6.22. The fourth-order valence-corrected chi connectivity index (χ4v) is 6.34. The Morgan fingerprint density at radius 3 is 2.28 bits per heavy atom. The molecule has 5 heteroatoms. The summed E-state index contributed by atoms with van der Waals surface area (Å²) in [7, 11) is -1.51. The first-order chi connectivity index (χ1) is 18.5. The van der Waals surface area contributed by atoms with Crippen molar-refractivity contribution >= 4 is 35.2 Å². The first-order valence-electron chi connectivity index (χ1n) is 13.2. The third-order valence-corrected chi connectivity index (χ3v) is 9.01. The molecule has 1 radical (unpaired) electrons. The third-order valence-electron chi connectivity index (χ3n) is 7.00. The molecule has 1 aliphatic rings. The van der Waals surface area contributed by atoms with Crippen molar-refractivity contribution < 1.29 is 24.5 Å². The Morgan fingerprint density at radius 2 is 1.62 bits per heavy atom. The summed E-state index contributed by atoms with van der Waals surface area (Å²) in [4.78, 5) is 8.96. The van der Waals surface area contributed by atoms with Crippen molar-refractivity contribution in [2.24, 2.45) is 0 Å². The monoisotopic (exact) mass is 703 g/mol. The van der Waals surface area contributed by atoms with Crippen LogP contribution in [0.5, 0.6) is 0 Å². The maximum atomic E-state index is 6.22. The summed E-state index contributed by atoms with van der Waals surface area (Å²) in [6.45, 7) is 7.08. The Kier molecular flexibility index (Phi) is 7.95. The zero-order valence-electron chi connectivity index (χ0n) is 22.4. The molecule has 3 aromatic carbocycles. The van der Waals surface area contributed by atoms with Crippen LogP contribution in [0.2, 0.25) is 19.6 Å². The average Bonchev–Trinajstić information content (AvgIpc) is 3.73. The predicted octanol–water partition coefficient (Wildman–Crippen LogP) is 8.42. The first kappa shape index (κ1) is 27.2. The van der Waals surface area contributed by atoms with E-state index in [2.05, 4.69) is 72.1 Å². The summed E-state index contributed by atoms with van der Waals surface area (Å²) in [5.41, 5.74) is 7.15. The SMILES string of the molecule is C[Si](C)(C)c1c[c-]c(-c2ccccn2)c2oc3ccccc3c12.[Ir].[c-]1ccccc1-c1ccc(C2CC2)cn1. The summed E-state index contributed by atoms with van der Waals surface area (Å²) in [5.74, 6) is 0.784. The van der Waals surface area contributed by atoms with Crippen LogP contribution in [0.1, 0.15) is 24.3 Å². The van der Waals surface area contributed by atoms with Crippen LogP contribution in [0.15, 0.2) is 102 Å². The molecule has 0 amide bonds. The number of rotatable bonds is 4. The van der Waals surface area contributed by atoms with Gasteiger partial charge >= 0.3 is 0 Å². The predicted molar refractivity (Wildman–Crippen MR) is 159 cm³/mol. The maximum absolute atomic E-state index is 6.22. The van der Waals surface area contributed by atoms with Crippen molar-refractivity contribution in [2.75, 3.05) is 0 Å². The van der Waals surface area contributed by atoms with Gasteiger partial charge in [0.15, 0.2) is 0 Å². The standard InChI is InChI=1S/C20H18NOSi.C14H12N.Ir/c1-23(2,3)18-12-11-14(16-9-6-7-13-21-16)20-19(18)15-8-4-5-10-17(15)22-20;1-2-4-12(5-3-1)14-9-8-13(10-15-14)11-6-7-11;/h4-10,12-13H,1-3H3;1-4,8-11H,6-7H2;/q2*-1;. The van der Waals surface area contributed by atoms with Gasteiger partial charge in [0.25, 0.3) is 0 Å². The maximum Gasteiger partial charge on any atom is 0.120 e. The van der Waals surface area contributed by atoms with E-state index in [1.165, 1.54) is 34.4 Å². The van der Waals surface area contributed by atoms with E-state index in [0.717, 1.165) is 39.6 Å². The minimum atomic E-state index is -1.51. The number of benzene rings is 3. The van der Waals surface area contributed by atoms with Crippen LogP contribution in [-0.4, -0.2) is 18.0 Å². The van der Waals surface area contributed by atoms with Crippen LogP contribution >= 0.6 is 0 Å². The van der Waals surface area contributed by atoms with Crippen LogP contribution < -0.4 is 5.19 Å². The van der Waals surface area contributed by atoms with Gasteiger partial charge in [0.2, 0.25) is 0 Å². The van der Waals surface area contributed by atoms with E-state index in [1.807, 2.05) is 67.0 Å². The molecule has 197 valence electrons. The molecule has 1 fully saturated rings. The number of nitrogens with zero attached hydrogens (tertiary/aromatic N) is 2. The van der Waals surface area contributed by atoms with Gasteiger partial charge in [0, 0.05) is 46.0 Å². The molecule has 7 rings (SSSR count). The van der Waals surface area contributed by atoms with E-state index in [4.69, 9.17) is 4.42 Å². The van der Waals surface area contributed by atoms with Crippen LogP contribution in [0.3, 0.4) is 0 Å². The third kappa shape index (κ3) is 5.81. The van der Waals surface area contributed by atoms with Crippen LogP contribution in [0.25, 0.3) is 44.5 Å². The molecule has 0 bridgehead atoms. The molecular weight excluding hydrogens is 673 g/mol. The number of pyridine rings is 2. The Morgan fingerprint density at radius 1 is 0.821 bits per heavy atom. The molecule has 0 saturated heterocycles. The molecule has 3 heterocycles. The van der Waals surface area contributed by atoms with Gasteiger partial charge in [0.05, 0.1) is 5.58 Å². The Balaban J connectivity index is 0.000000167. The molecule has 0 unspecified atom stereocenters. The van der Waals surface area contributed by atoms with Gasteiger partial charge in [-0.25, -0.2) is 0 Å². The molecule has 6 aromatic rings. The topological polar surface area (TPSA) is 38.9 Å². The van der Waals surface area contributed by atoms with Gasteiger partial charge in [0.1, 0.15) is 5.58 Å². The summed E-state index contributed by atoms with van der Waals surface area (Å²) >= 11 is 0.